The van der Waals surface area contributed by atoms with Crippen LogP contribution in [0.25, 0.3) is 0 Å². The zero-order valence-corrected chi connectivity index (χ0v) is 14.5. The summed E-state index contributed by atoms with van der Waals surface area (Å²) in [6.07, 6.45) is 0. The average Bonchev–Trinajstić information content (AvgIpc) is 2.44. The molecule has 0 heterocycles. The summed E-state index contributed by atoms with van der Waals surface area (Å²) in [5.41, 5.74) is 0. The molecule has 9 heteroatoms. The minimum Gasteiger partial charge on any atom is -0.481 e. The van der Waals surface area contributed by atoms with Crippen LogP contribution in [0.4, 0.5) is 0 Å². The number of carboxylic acids is 1. The molecule has 2 N–H and O–H groups in total. The molecule has 1 amide bonds. The lowest BCUT2D eigenvalue weighted by molar-refractivity contribution is -0.141. The first kappa shape index (κ1) is 18.6. The highest BCUT2D eigenvalue weighted by Crippen LogP contribution is 2.17. The number of hydrogen-bond acceptors (Lipinski definition) is 4. The number of sulfonamides is 1. The summed E-state index contributed by atoms with van der Waals surface area (Å²) < 4.78 is 26.2. The predicted molar refractivity (Wildman–Crippen MR) is 83.8 cm³/mol. The van der Waals surface area contributed by atoms with Gasteiger partial charge in [0.15, 0.2) is 0 Å². The van der Waals surface area contributed by atoms with E-state index < -0.39 is 27.8 Å². The first-order valence-corrected chi connectivity index (χ1v) is 8.59. The SMILES string of the molecule is CC(CNC(=O)CN(C)S(=O)(=O)c1ccc(Br)cc1)C(=O)O. The van der Waals surface area contributed by atoms with E-state index in [1.165, 1.54) is 26.1 Å². The smallest absolute Gasteiger partial charge is 0.308 e. The van der Waals surface area contributed by atoms with E-state index in [9.17, 15) is 18.0 Å². The van der Waals surface area contributed by atoms with E-state index in [0.717, 1.165) is 8.78 Å². The molecule has 0 saturated heterocycles. The number of rotatable bonds is 7. The van der Waals surface area contributed by atoms with Gasteiger partial charge >= 0.3 is 5.97 Å². The molecular formula is C13H17BrN2O5S. The van der Waals surface area contributed by atoms with Crippen molar-refractivity contribution in [2.24, 2.45) is 5.92 Å². The molecule has 1 unspecified atom stereocenters. The third-order valence-electron chi connectivity index (χ3n) is 2.92. The lowest BCUT2D eigenvalue weighted by atomic mass is 10.2. The van der Waals surface area contributed by atoms with Crippen LogP contribution in [0.2, 0.25) is 0 Å². The maximum atomic E-state index is 12.3. The maximum absolute atomic E-state index is 12.3. The second-order valence-corrected chi connectivity index (χ2v) is 7.72. The lowest BCUT2D eigenvalue weighted by Gasteiger charge is -2.17. The van der Waals surface area contributed by atoms with Crippen molar-refractivity contribution in [3.8, 4) is 0 Å². The second kappa shape index (κ2) is 7.70. The van der Waals surface area contributed by atoms with Gasteiger partial charge in [0.1, 0.15) is 0 Å². The van der Waals surface area contributed by atoms with E-state index in [1.54, 1.807) is 12.1 Å². The largest absolute Gasteiger partial charge is 0.481 e. The van der Waals surface area contributed by atoms with Gasteiger partial charge in [0.05, 0.1) is 17.4 Å². The minimum absolute atomic E-state index is 0.0552. The Balaban J connectivity index is 2.67. The van der Waals surface area contributed by atoms with Gasteiger partial charge in [-0.25, -0.2) is 8.42 Å². The quantitative estimate of drug-likeness (QED) is 0.717. The third-order valence-corrected chi connectivity index (χ3v) is 5.26. The summed E-state index contributed by atoms with van der Waals surface area (Å²) in [6, 6.07) is 6.05. The van der Waals surface area contributed by atoms with E-state index in [4.69, 9.17) is 5.11 Å². The summed E-state index contributed by atoms with van der Waals surface area (Å²) in [5, 5.41) is 11.1. The number of hydrogen-bond donors (Lipinski definition) is 2. The molecule has 0 aliphatic rings. The fraction of sp³-hybridized carbons (Fsp3) is 0.385. The molecule has 22 heavy (non-hydrogen) atoms. The molecule has 122 valence electrons. The number of nitrogens with zero attached hydrogens (tertiary/aromatic N) is 1. The fourth-order valence-corrected chi connectivity index (χ4v) is 2.88. The number of benzene rings is 1. The Morgan fingerprint density at radius 1 is 1.32 bits per heavy atom. The van der Waals surface area contributed by atoms with E-state index in [1.807, 2.05) is 0 Å². The molecule has 0 aliphatic carbocycles. The van der Waals surface area contributed by atoms with Crippen LogP contribution in [0.5, 0.6) is 0 Å². The van der Waals surface area contributed by atoms with Crippen LogP contribution >= 0.6 is 15.9 Å². The van der Waals surface area contributed by atoms with Gasteiger partial charge in [-0.2, -0.15) is 4.31 Å². The number of halogens is 1. The lowest BCUT2D eigenvalue weighted by Crippen LogP contribution is -2.40. The Hall–Kier alpha value is -1.45. The molecule has 0 fully saturated rings. The van der Waals surface area contributed by atoms with E-state index >= 15 is 0 Å². The molecule has 0 bridgehead atoms. The van der Waals surface area contributed by atoms with E-state index in [-0.39, 0.29) is 18.0 Å². The molecule has 7 nitrogen and oxygen atoms in total. The van der Waals surface area contributed by atoms with Crippen LogP contribution in [-0.2, 0) is 19.6 Å². The highest BCUT2D eigenvalue weighted by Gasteiger charge is 2.23. The number of nitrogens with one attached hydrogen (secondary N) is 1. The molecule has 1 aromatic rings. The number of carbonyl (C=O) groups is 2. The maximum Gasteiger partial charge on any atom is 0.308 e. The first-order chi connectivity index (χ1) is 10.1. The van der Waals surface area contributed by atoms with Crippen molar-refractivity contribution in [3.05, 3.63) is 28.7 Å². The number of carboxylic acid groups (broad SMARTS) is 1. The van der Waals surface area contributed by atoms with Crippen LogP contribution in [0, 0.1) is 5.92 Å². The second-order valence-electron chi connectivity index (χ2n) is 4.76. The molecule has 0 spiro atoms. The number of aliphatic carboxylic acids is 1. The molecule has 1 atom stereocenters. The monoisotopic (exact) mass is 392 g/mol. The van der Waals surface area contributed by atoms with Gasteiger partial charge in [0.25, 0.3) is 0 Å². The van der Waals surface area contributed by atoms with Gasteiger partial charge in [-0.1, -0.05) is 22.9 Å². The van der Waals surface area contributed by atoms with Crippen molar-refractivity contribution in [1.29, 1.82) is 0 Å². The molecule has 1 rings (SSSR count). The Morgan fingerprint density at radius 3 is 2.36 bits per heavy atom. The first-order valence-electron chi connectivity index (χ1n) is 6.36. The van der Waals surface area contributed by atoms with Crippen molar-refractivity contribution >= 4 is 37.8 Å². The van der Waals surface area contributed by atoms with E-state index in [2.05, 4.69) is 21.2 Å². The van der Waals surface area contributed by atoms with Crippen LogP contribution in [-0.4, -0.2) is 49.8 Å². The highest BCUT2D eigenvalue weighted by atomic mass is 79.9. The summed E-state index contributed by atoms with van der Waals surface area (Å²) in [7, 11) is -2.48. The van der Waals surface area contributed by atoms with E-state index in [0.29, 0.717) is 0 Å². The highest BCUT2D eigenvalue weighted by molar-refractivity contribution is 9.10. The molecule has 1 aromatic carbocycles. The number of carbonyl (C=O) groups excluding carboxylic acids is 1. The van der Waals surface area contributed by atoms with Gasteiger partial charge in [-0.3, -0.25) is 9.59 Å². The minimum atomic E-state index is -3.77. The number of amides is 1. The van der Waals surface area contributed by atoms with Gasteiger partial charge in [-0.05, 0) is 24.3 Å². The standard InChI is InChI=1S/C13H17BrN2O5S/c1-9(13(18)19)7-15-12(17)8-16(2)22(20,21)11-5-3-10(14)4-6-11/h3-6,9H,7-8H2,1-2H3,(H,15,17)(H,18,19). The summed E-state index contributed by atoms with van der Waals surface area (Å²) in [5.74, 6) is -2.33. The van der Waals surface area contributed by atoms with Gasteiger partial charge in [-0.15, -0.1) is 0 Å². The van der Waals surface area contributed by atoms with Crippen LogP contribution in [0.3, 0.4) is 0 Å². The molecule has 0 aliphatic heterocycles. The Morgan fingerprint density at radius 2 is 1.86 bits per heavy atom. The van der Waals surface area contributed by atoms with Gasteiger partial charge < -0.3 is 10.4 Å². The molecule has 0 saturated carbocycles. The van der Waals surface area contributed by atoms with Crippen molar-refractivity contribution in [1.82, 2.24) is 9.62 Å². The average molecular weight is 393 g/mol. The summed E-state index contributed by atoms with van der Waals surface area (Å²) in [6.45, 7) is 1.01. The predicted octanol–water partition coefficient (Wildman–Crippen LogP) is 0.907. The van der Waals surface area contributed by atoms with Gasteiger partial charge in [0.2, 0.25) is 15.9 Å². The van der Waals surface area contributed by atoms with Crippen molar-refractivity contribution < 1.29 is 23.1 Å². The van der Waals surface area contributed by atoms with Crippen molar-refractivity contribution in [2.75, 3.05) is 20.1 Å². The summed E-state index contributed by atoms with van der Waals surface area (Å²) >= 11 is 3.21. The van der Waals surface area contributed by atoms with Crippen molar-refractivity contribution in [2.45, 2.75) is 11.8 Å². The van der Waals surface area contributed by atoms with Gasteiger partial charge in [0, 0.05) is 18.1 Å². The molecular weight excluding hydrogens is 376 g/mol. The third kappa shape index (κ3) is 5.08. The van der Waals surface area contributed by atoms with Crippen LogP contribution < -0.4 is 5.32 Å². The zero-order valence-electron chi connectivity index (χ0n) is 12.1. The molecule has 0 aromatic heterocycles. The summed E-state index contributed by atoms with van der Waals surface area (Å²) in [4.78, 5) is 22.4. The van der Waals surface area contributed by atoms with Crippen molar-refractivity contribution in [3.63, 3.8) is 0 Å². The topological polar surface area (TPSA) is 104 Å². The van der Waals surface area contributed by atoms with Crippen LogP contribution in [0.15, 0.2) is 33.6 Å². The van der Waals surface area contributed by atoms with Crippen LogP contribution in [0.1, 0.15) is 6.92 Å². The molecule has 0 radical (unpaired) electrons. The Labute approximate surface area is 137 Å². The zero-order chi connectivity index (χ0) is 16.9. The number of likely N-dealkylation sites (N-methyl/N-ethyl adjacent to an activating group) is 1. The fourth-order valence-electron chi connectivity index (χ4n) is 1.48. The Kier molecular flexibility index (Phi) is 6.51. The Bertz CT molecular complexity index is 645. The normalized spacial score (nSPS) is 12.9.